The third-order valence-corrected chi connectivity index (χ3v) is 3.79. The largest absolute Gasteiger partial charge is 0.493 e. The lowest BCUT2D eigenvalue weighted by Gasteiger charge is -2.14. The Balaban J connectivity index is 2.25. The average molecular weight is 383 g/mol. The zero-order valence-electron chi connectivity index (χ0n) is 16.6. The number of rotatable bonds is 9. The van der Waals surface area contributed by atoms with Gasteiger partial charge in [-0.1, -0.05) is 30.3 Å². The molecule has 0 aliphatic rings. The van der Waals surface area contributed by atoms with Gasteiger partial charge in [-0.05, 0) is 30.7 Å². The number of benzene rings is 2. The molecule has 28 heavy (non-hydrogen) atoms. The second-order valence-electron chi connectivity index (χ2n) is 6.20. The van der Waals surface area contributed by atoms with Crippen LogP contribution in [0.5, 0.6) is 11.5 Å². The molecular formula is C22H25NO5. The third kappa shape index (κ3) is 5.61. The fourth-order valence-electron chi connectivity index (χ4n) is 2.49. The Morgan fingerprint density at radius 2 is 1.75 bits per heavy atom. The normalized spacial score (nSPS) is 10.9. The molecule has 148 valence electrons. The molecule has 0 radical (unpaired) electrons. The SMILES string of the molecule is CCOC(=O)C(=CN(C)C)C(=O)c1ccc(OCc2ccccc2)c(OC)c1. The minimum atomic E-state index is -0.662. The number of methoxy groups -OCH3 is 1. The van der Waals surface area contributed by atoms with E-state index in [1.165, 1.54) is 13.3 Å². The van der Waals surface area contributed by atoms with Crippen molar-refractivity contribution in [2.75, 3.05) is 27.8 Å². The summed E-state index contributed by atoms with van der Waals surface area (Å²) in [5.74, 6) is -0.184. The van der Waals surface area contributed by atoms with Crippen LogP contribution in [-0.2, 0) is 16.1 Å². The average Bonchev–Trinajstić information content (AvgIpc) is 2.70. The van der Waals surface area contributed by atoms with Crippen LogP contribution in [-0.4, -0.2) is 44.5 Å². The van der Waals surface area contributed by atoms with Crippen molar-refractivity contribution in [1.82, 2.24) is 4.90 Å². The maximum atomic E-state index is 12.9. The fourth-order valence-corrected chi connectivity index (χ4v) is 2.49. The molecule has 0 aliphatic carbocycles. The zero-order valence-corrected chi connectivity index (χ0v) is 16.6. The molecule has 6 heteroatoms. The molecule has 2 aromatic carbocycles. The number of carbonyl (C=O) groups excluding carboxylic acids is 2. The number of carbonyl (C=O) groups is 2. The lowest BCUT2D eigenvalue weighted by atomic mass is 10.0. The second kappa shape index (κ2) is 10.2. The van der Waals surface area contributed by atoms with Crippen LogP contribution in [0.2, 0.25) is 0 Å². The van der Waals surface area contributed by atoms with Crippen LogP contribution in [0.1, 0.15) is 22.8 Å². The van der Waals surface area contributed by atoms with Crippen LogP contribution in [0.15, 0.2) is 60.3 Å². The van der Waals surface area contributed by atoms with Gasteiger partial charge in [0.1, 0.15) is 12.2 Å². The molecule has 0 spiro atoms. The van der Waals surface area contributed by atoms with Crippen LogP contribution in [0.25, 0.3) is 0 Å². The predicted molar refractivity (Wildman–Crippen MR) is 107 cm³/mol. The number of nitrogens with zero attached hydrogens (tertiary/aromatic N) is 1. The standard InChI is InChI=1S/C22H25NO5/c1-5-27-22(25)18(14-23(2)3)21(24)17-11-12-19(20(13-17)26-4)28-15-16-9-7-6-8-10-16/h6-14H,5,15H2,1-4H3. The van der Waals surface area contributed by atoms with Gasteiger partial charge < -0.3 is 19.1 Å². The van der Waals surface area contributed by atoms with Gasteiger partial charge >= 0.3 is 5.97 Å². The molecule has 0 unspecified atom stereocenters. The van der Waals surface area contributed by atoms with E-state index in [4.69, 9.17) is 14.2 Å². The number of ether oxygens (including phenoxy) is 3. The first-order valence-electron chi connectivity index (χ1n) is 8.91. The number of esters is 1. The molecule has 0 aliphatic heterocycles. The van der Waals surface area contributed by atoms with E-state index in [0.717, 1.165) is 5.56 Å². The highest BCUT2D eigenvalue weighted by Crippen LogP contribution is 2.30. The van der Waals surface area contributed by atoms with Crippen LogP contribution in [0, 0.1) is 0 Å². The van der Waals surface area contributed by atoms with Crippen LogP contribution < -0.4 is 9.47 Å². The highest BCUT2D eigenvalue weighted by molar-refractivity contribution is 6.24. The van der Waals surface area contributed by atoms with E-state index in [1.807, 2.05) is 30.3 Å². The highest BCUT2D eigenvalue weighted by atomic mass is 16.5. The molecule has 6 nitrogen and oxygen atoms in total. The molecule has 0 saturated carbocycles. The van der Waals surface area contributed by atoms with Gasteiger partial charge in [0.05, 0.1) is 13.7 Å². The van der Waals surface area contributed by atoms with E-state index >= 15 is 0 Å². The van der Waals surface area contributed by atoms with Crippen molar-refractivity contribution in [3.8, 4) is 11.5 Å². The summed E-state index contributed by atoms with van der Waals surface area (Å²) in [4.78, 5) is 26.7. The van der Waals surface area contributed by atoms with Crippen LogP contribution in [0.3, 0.4) is 0 Å². The first kappa shape index (κ1) is 21.0. The minimum absolute atomic E-state index is 0.0492. The summed E-state index contributed by atoms with van der Waals surface area (Å²) in [6, 6.07) is 14.6. The Kier molecular flexibility index (Phi) is 7.63. The summed E-state index contributed by atoms with van der Waals surface area (Å²) in [5, 5.41) is 0. The van der Waals surface area contributed by atoms with Gasteiger partial charge in [0.15, 0.2) is 11.5 Å². The molecule has 0 N–H and O–H groups in total. The summed E-state index contributed by atoms with van der Waals surface area (Å²) in [5.41, 5.74) is 1.28. The molecule has 0 atom stereocenters. The van der Waals surface area contributed by atoms with Crippen molar-refractivity contribution >= 4 is 11.8 Å². The maximum absolute atomic E-state index is 12.9. The molecule has 0 bridgehead atoms. The number of hydrogen-bond acceptors (Lipinski definition) is 6. The van der Waals surface area contributed by atoms with E-state index < -0.39 is 11.8 Å². The van der Waals surface area contributed by atoms with E-state index in [-0.39, 0.29) is 12.2 Å². The van der Waals surface area contributed by atoms with Crippen LogP contribution in [0.4, 0.5) is 0 Å². The van der Waals surface area contributed by atoms with E-state index in [9.17, 15) is 9.59 Å². The molecule has 2 aromatic rings. The first-order valence-corrected chi connectivity index (χ1v) is 8.91. The number of hydrogen-bond donors (Lipinski definition) is 0. The van der Waals surface area contributed by atoms with Gasteiger partial charge in [0.25, 0.3) is 0 Å². The van der Waals surface area contributed by atoms with Crippen molar-refractivity contribution in [2.45, 2.75) is 13.5 Å². The zero-order chi connectivity index (χ0) is 20.5. The molecule has 0 heterocycles. The van der Waals surface area contributed by atoms with Crippen LogP contribution >= 0.6 is 0 Å². The molecule has 0 saturated heterocycles. The van der Waals surface area contributed by atoms with E-state index in [2.05, 4.69) is 0 Å². The summed E-state index contributed by atoms with van der Waals surface area (Å²) in [7, 11) is 4.96. The van der Waals surface area contributed by atoms with Crippen molar-refractivity contribution in [3.63, 3.8) is 0 Å². The van der Waals surface area contributed by atoms with Crippen molar-refractivity contribution in [1.29, 1.82) is 0 Å². The Morgan fingerprint density at radius 1 is 1.04 bits per heavy atom. The molecule has 0 fully saturated rings. The topological polar surface area (TPSA) is 65.1 Å². The Bertz CT molecular complexity index is 843. The van der Waals surface area contributed by atoms with Gasteiger partial charge in [-0.3, -0.25) is 4.79 Å². The second-order valence-corrected chi connectivity index (χ2v) is 6.20. The Hall–Kier alpha value is -3.28. The summed E-state index contributed by atoms with van der Waals surface area (Å²) in [6.45, 7) is 2.25. The van der Waals surface area contributed by atoms with E-state index in [1.54, 1.807) is 44.1 Å². The first-order chi connectivity index (χ1) is 13.5. The maximum Gasteiger partial charge on any atom is 0.343 e. The van der Waals surface area contributed by atoms with E-state index in [0.29, 0.717) is 23.7 Å². The summed E-state index contributed by atoms with van der Waals surface area (Å²) >= 11 is 0. The van der Waals surface area contributed by atoms with Gasteiger partial charge in [0, 0.05) is 25.9 Å². The molecular weight excluding hydrogens is 358 g/mol. The number of ketones is 1. The molecule has 0 amide bonds. The third-order valence-electron chi connectivity index (χ3n) is 3.79. The minimum Gasteiger partial charge on any atom is -0.493 e. The van der Waals surface area contributed by atoms with Gasteiger partial charge in [-0.25, -0.2) is 4.79 Å². The molecule has 2 rings (SSSR count). The summed E-state index contributed by atoms with van der Waals surface area (Å²) < 4.78 is 16.2. The summed E-state index contributed by atoms with van der Waals surface area (Å²) in [6.07, 6.45) is 1.45. The van der Waals surface area contributed by atoms with Gasteiger partial charge in [0.2, 0.25) is 5.78 Å². The van der Waals surface area contributed by atoms with Gasteiger partial charge in [-0.15, -0.1) is 0 Å². The van der Waals surface area contributed by atoms with Crippen molar-refractivity contribution < 1.29 is 23.8 Å². The Morgan fingerprint density at radius 3 is 2.36 bits per heavy atom. The Labute approximate surface area is 165 Å². The van der Waals surface area contributed by atoms with Gasteiger partial charge in [-0.2, -0.15) is 0 Å². The number of Topliss-reactive ketones (excluding diaryl/α,β-unsaturated/α-hetero) is 1. The highest BCUT2D eigenvalue weighted by Gasteiger charge is 2.23. The fraction of sp³-hybridized carbons (Fsp3) is 0.273. The predicted octanol–water partition coefficient (Wildman–Crippen LogP) is 3.47. The van der Waals surface area contributed by atoms with Crippen molar-refractivity contribution in [2.24, 2.45) is 0 Å². The van der Waals surface area contributed by atoms with Crippen molar-refractivity contribution in [3.05, 3.63) is 71.4 Å². The monoisotopic (exact) mass is 383 g/mol. The smallest absolute Gasteiger partial charge is 0.343 e. The lowest BCUT2D eigenvalue weighted by molar-refractivity contribution is -0.138. The quantitative estimate of drug-likeness (QED) is 0.217. The molecule has 0 aromatic heterocycles. The lowest BCUT2D eigenvalue weighted by Crippen LogP contribution is -2.19.